The Bertz CT molecular complexity index is 915. The van der Waals surface area contributed by atoms with Gasteiger partial charge in [-0.05, 0) is 42.2 Å². The molecule has 2 N–H and O–H groups in total. The fourth-order valence-corrected chi connectivity index (χ4v) is 4.60. The molecule has 1 saturated carbocycles. The Balaban J connectivity index is 1.43. The number of benzene rings is 1. The molecule has 2 fully saturated rings. The van der Waals surface area contributed by atoms with Gasteiger partial charge in [-0.2, -0.15) is 5.10 Å². The van der Waals surface area contributed by atoms with Crippen molar-refractivity contribution in [1.29, 1.82) is 0 Å². The van der Waals surface area contributed by atoms with E-state index in [1.54, 1.807) is 17.9 Å². The second-order valence-corrected chi connectivity index (χ2v) is 8.86. The lowest BCUT2D eigenvalue weighted by Crippen LogP contribution is -2.40. The summed E-state index contributed by atoms with van der Waals surface area (Å²) in [5.74, 6) is 0.785. The van der Waals surface area contributed by atoms with Gasteiger partial charge in [0.2, 0.25) is 5.91 Å². The minimum Gasteiger partial charge on any atom is -0.365 e. The molecule has 6 heteroatoms. The summed E-state index contributed by atoms with van der Waals surface area (Å²) in [7, 11) is 1.79. The van der Waals surface area contributed by atoms with Crippen LogP contribution in [0.3, 0.4) is 0 Å². The number of hydrogen-bond donors (Lipinski definition) is 1. The van der Waals surface area contributed by atoms with E-state index in [0.29, 0.717) is 23.9 Å². The molecule has 1 aromatic carbocycles. The van der Waals surface area contributed by atoms with Gasteiger partial charge in [-0.15, -0.1) is 0 Å². The summed E-state index contributed by atoms with van der Waals surface area (Å²) >= 11 is 0. The maximum absolute atomic E-state index is 13.1. The summed E-state index contributed by atoms with van der Waals surface area (Å²) in [6.45, 7) is 5.78. The molecule has 0 radical (unpaired) electrons. The number of hydrogen-bond acceptors (Lipinski definition) is 3. The van der Waals surface area contributed by atoms with Crippen molar-refractivity contribution in [2.45, 2.75) is 50.9 Å². The fraction of sp³-hybridized carbons (Fsp3) is 0.522. The van der Waals surface area contributed by atoms with Crippen molar-refractivity contribution in [3.8, 4) is 0 Å². The third-order valence-electron chi connectivity index (χ3n) is 6.38. The van der Waals surface area contributed by atoms with Crippen LogP contribution in [0.4, 0.5) is 0 Å². The lowest BCUT2D eigenvalue weighted by molar-refractivity contribution is -0.133. The molecule has 6 nitrogen and oxygen atoms in total. The number of nitrogens with two attached hydrogens (primary N) is 1. The Morgan fingerprint density at radius 2 is 1.93 bits per heavy atom. The van der Waals surface area contributed by atoms with Crippen molar-refractivity contribution >= 4 is 11.8 Å². The van der Waals surface area contributed by atoms with Crippen LogP contribution in [-0.2, 0) is 11.8 Å². The number of likely N-dealkylation sites (tertiary alicyclic amines) is 1. The molecule has 1 aromatic heterocycles. The first-order valence-corrected chi connectivity index (χ1v) is 10.6. The minimum absolute atomic E-state index is 0.0684. The summed E-state index contributed by atoms with van der Waals surface area (Å²) in [6, 6.07) is 8.73. The highest BCUT2D eigenvalue weighted by Crippen LogP contribution is 2.49. The molecule has 0 unspecified atom stereocenters. The lowest BCUT2D eigenvalue weighted by Gasteiger charge is -2.32. The molecular weight excluding hydrogens is 364 g/mol. The van der Waals surface area contributed by atoms with Crippen LogP contribution in [0.2, 0.25) is 0 Å². The van der Waals surface area contributed by atoms with Gasteiger partial charge in [0.1, 0.15) is 0 Å². The van der Waals surface area contributed by atoms with E-state index < -0.39 is 5.91 Å². The third kappa shape index (κ3) is 3.93. The maximum Gasteiger partial charge on any atom is 0.252 e. The van der Waals surface area contributed by atoms with Crippen molar-refractivity contribution in [1.82, 2.24) is 14.7 Å². The van der Waals surface area contributed by atoms with Crippen molar-refractivity contribution in [2.24, 2.45) is 18.7 Å². The van der Waals surface area contributed by atoms with E-state index >= 15 is 0 Å². The topological polar surface area (TPSA) is 81.2 Å². The van der Waals surface area contributed by atoms with Crippen molar-refractivity contribution in [3.05, 3.63) is 52.8 Å². The monoisotopic (exact) mass is 394 g/mol. The number of primary amides is 1. The minimum atomic E-state index is -0.455. The highest BCUT2D eigenvalue weighted by molar-refractivity contribution is 5.94. The average molecular weight is 395 g/mol. The predicted octanol–water partition coefficient (Wildman–Crippen LogP) is 3.15. The SMILES string of the molecule is CC(C)c1ccc([C@@H]2C[C@@H]2C(=O)N2CCC[C@H](c3nn(C)cc3C(N)=O)C2)cc1. The fourth-order valence-electron chi connectivity index (χ4n) is 4.60. The molecule has 3 atom stereocenters. The van der Waals surface area contributed by atoms with Crippen LogP contribution < -0.4 is 5.73 Å². The molecule has 1 aliphatic heterocycles. The van der Waals surface area contributed by atoms with Crippen molar-refractivity contribution in [3.63, 3.8) is 0 Å². The van der Waals surface area contributed by atoms with Gasteiger partial charge in [-0.25, -0.2) is 0 Å². The summed E-state index contributed by atoms with van der Waals surface area (Å²) in [5.41, 5.74) is 9.33. The largest absolute Gasteiger partial charge is 0.365 e. The van der Waals surface area contributed by atoms with Crippen LogP contribution in [0.15, 0.2) is 30.5 Å². The molecule has 2 aliphatic rings. The van der Waals surface area contributed by atoms with Gasteiger partial charge in [0, 0.05) is 38.2 Å². The number of piperidine rings is 1. The first kappa shape index (κ1) is 19.7. The van der Waals surface area contributed by atoms with Crippen LogP contribution in [0.1, 0.15) is 78.0 Å². The molecule has 2 heterocycles. The number of aryl methyl sites for hydroxylation is 1. The van der Waals surface area contributed by atoms with Crippen LogP contribution >= 0.6 is 0 Å². The summed E-state index contributed by atoms with van der Waals surface area (Å²) in [4.78, 5) is 26.9. The lowest BCUT2D eigenvalue weighted by atomic mass is 9.92. The van der Waals surface area contributed by atoms with Crippen molar-refractivity contribution in [2.75, 3.05) is 13.1 Å². The van der Waals surface area contributed by atoms with Crippen molar-refractivity contribution < 1.29 is 9.59 Å². The second-order valence-electron chi connectivity index (χ2n) is 8.86. The number of carbonyl (C=O) groups excluding carboxylic acids is 2. The molecular formula is C23H30N4O2. The molecule has 4 rings (SSSR count). The molecule has 0 spiro atoms. The number of carbonyl (C=O) groups is 2. The number of aromatic nitrogens is 2. The Kier molecular flexibility index (Phi) is 5.19. The van der Waals surface area contributed by atoms with Crippen LogP contribution in [-0.4, -0.2) is 39.6 Å². The van der Waals surface area contributed by atoms with E-state index in [1.807, 2.05) is 4.90 Å². The number of amides is 2. The first-order chi connectivity index (χ1) is 13.8. The van der Waals surface area contributed by atoms with Crippen LogP contribution in [0.25, 0.3) is 0 Å². The van der Waals surface area contributed by atoms with Gasteiger partial charge < -0.3 is 10.6 Å². The Morgan fingerprint density at radius 1 is 1.21 bits per heavy atom. The van der Waals surface area contributed by atoms with Gasteiger partial charge in [-0.3, -0.25) is 14.3 Å². The molecule has 2 aromatic rings. The highest BCUT2D eigenvalue weighted by atomic mass is 16.2. The van der Waals surface area contributed by atoms with Crippen LogP contribution in [0, 0.1) is 5.92 Å². The van der Waals surface area contributed by atoms with Gasteiger partial charge in [0.05, 0.1) is 11.3 Å². The summed E-state index contributed by atoms with van der Waals surface area (Å²) in [5, 5.41) is 4.47. The smallest absolute Gasteiger partial charge is 0.252 e. The predicted molar refractivity (Wildman–Crippen MR) is 112 cm³/mol. The molecule has 1 aliphatic carbocycles. The van der Waals surface area contributed by atoms with Gasteiger partial charge in [0.25, 0.3) is 5.91 Å². The van der Waals surface area contributed by atoms with Gasteiger partial charge in [0.15, 0.2) is 0 Å². The Morgan fingerprint density at radius 3 is 2.59 bits per heavy atom. The van der Waals surface area contributed by atoms with E-state index in [4.69, 9.17) is 5.73 Å². The Labute approximate surface area is 172 Å². The zero-order valence-corrected chi connectivity index (χ0v) is 17.5. The average Bonchev–Trinajstić information content (AvgIpc) is 3.41. The third-order valence-corrected chi connectivity index (χ3v) is 6.38. The van der Waals surface area contributed by atoms with Crippen LogP contribution in [0.5, 0.6) is 0 Å². The second kappa shape index (κ2) is 7.65. The maximum atomic E-state index is 13.1. The van der Waals surface area contributed by atoms with Gasteiger partial charge >= 0.3 is 0 Å². The summed E-state index contributed by atoms with van der Waals surface area (Å²) < 4.78 is 1.63. The molecule has 2 amide bonds. The molecule has 154 valence electrons. The first-order valence-electron chi connectivity index (χ1n) is 10.6. The van der Waals surface area contributed by atoms with E-state index in [9.17, 15) is 9.59 Å². The Hall–Kier alpha value is -2.63. The number of rotatable bonds is 5. The van der Waals surface area contributed by atoms with E-state index in [2.05, 4.69) is 43.2 Å². The van der Waals surface area contributed by atoms with E-state index in [1.165, 1.54) is 11.1 Å². The standard InChI is InChI=1S/C23H30N4O2/c1-14(2)15-6-8-16(9-7-15)18-11-19(18)23(29)27-10-4-5-17(12-27)21-20(22(24)28)13-26(3)25-21/h6-9,13-14,17-19H,4-5,10-12H2,1-3H3,(H2,24,28)/t17-,18-,19-/m0/s1. The van der Waals surface area contributed by atoms with E-state index in [0.717, 1.165) is 31.5 Å². The molecule has 1 saturated heterocycles. The molecule has 0 bridgehead atoms. The zero-order chi connectivity index (χ0) is 20.7. The summed E-state index contributed by atoms with van der Waals surface area (Å²) in [6.07, 6.45) is 4.45. The number of nitrogens with zero attached hydrogens (tertiary/aromatic N) is 3. The zero-order valence-electron chi connectivity index (χ0n) is 17.5. The quantitative estimate of drug-likeness (QED) is 0.846. The highest BCUT2D eigenvalue weighted by Gasteiger charge is 2.46. The molecule has 29 heavy (non-hydrogen) atoms. The van der Waals surface area contributed by atoms with E-state index in [-0.39, 0.29) is 17.7 Å². The van der Waals surface area contributed by atoms with Gasteiger partial charge in [-0.1, -0.05) is 38.1 Å². The normalized spacial score (nSPS) is 24.0.